The molecule has 1 aromatic carbocycles. The molecule has 0 aliphatic carbocycles. The van der Waals surface area contributed by atoms with E-state index in [2.05, 4.69) is 55.0 Å². The lowest BCUT2D eigenvalue weighted by Gasteiger charge is -2.39. The maximum Gasteiger partial charge on any atom is 0.210 e. The quantitative estimate of drug-likeness (QED) is 0.840. The molecule has 0 saturated carbocycles. The fourth-order valence-corrected chi connectivity index (χ4v) is 3.98. The molecular weight excluding hydrogens is 343 g/mol. The molecule has 1 atom stereocenters. The highest BCUT2D eigenvalue weighted by Crippen LogP contribution is 2.25. The first-order valence-corrected chi connectivity index (χ1v) is 9.98. The van der Waals surface area contributed by atoms with Gasteiger partial charge in [0, 0.05) is 5.92 Å². The van der Waals surface area contributed by atoms with Crippen LogP contribution >= 0.6 is 0 Å². The molecule has 27 heavy (non-hydrogen) atoms. The molecular formula is C20H32FN6+. The number of quaternary nitrogens is 1. The molecule has 0 spiro atoms. The summed E-state index contributed by atoms with van der Waals surface area (Å²) in [6, 6.07) is 7.27. The van der Waals surface area contributed by atoms with Crippen molar-refractivity contribution in [3.05, 3.63) is 35.9 Å². The molecule has 2 heterocycles. The molecule has 0 amide bonds. The van der Waals surface area contributed by atoms with Crippen molar-refractivity contribution in [3.63, 3.8) is 0 Å². The van der Waals surface area contributed by atoms with E-state index in [1.165, 1.54) is 11.0 Å². The summed E-state index contributed by atoms with van der Waals surface area (Å²) in [6.07, 6.45) is 0.965. The normalized spacial score (nSPS) is 17.5. The first-order chi connectivity index (χ1) is 12.8. The summed E-state index contributed by atoms with van der Waals surface area (Å²) < 4.78 is 16.1. The second kappa shape index (κ2) is 7.92. The lowest BCUT2D eigenvalue weighted by Crippen LogP contribution is -3.15. The van der Waals surface area contributed by atoms with Gasteiger partial charge >= 0.3 is 0 Å². The number of halogens is 1. The Labute approximate surface area is 161 Å². The molecule has 7 heteroatoms. The lowest BCUT2D eigenvalue weighted by molar-refractivity contribution is -0.937. The summed E-state index contributed by atoms with van der Waals surface area (Å²) in [5, 5.41) is 12.7. The van der Waals surface area contributed by atoms with Crippen molar-refractivity contribution in [2.24, 2.45) is 5.92 Å². The average molecular weight is 376 g/mol. The van der Waals surface area contributed by atoms with Crippen molar-refractivity contribution >= 4 is 5.69 Å². The Morgan fingerprint density at radius 2 is 1.85 bits per heavy atom. The van der Waals surface area contributed by atoms with Crippen LogP contribution in [-0.2, 0) is 5.54 Å². The van der Waals surface area contributed by atoms with E-state index in [1.807, 2.05) is 16.8 Å². The summed E-state index contributed by atoms with van der Waals surface area (Å²) in [7, 11) is 0. The van der Waals surface area contributed by atoms with Crippen LogP contribution in [0.2, 0.25) is 0 Å². The number of piperazine rings is 1. The van der Waals surface area contributed by atoms with Crippen molar-refractivity contribution in [3.8, 4) is 0 Å². The van der Waals surface area contributed by atoms with Gasteiger partial charge in [-0.2, -0.15) is 0 Å². The SMILES string of the molecule is CCC(C)(C)n1nnnc1[C@H](C(C)C)[NH+]1CCN(c2ccccc2F)CC1. The number of hydrogen-bond acceptors (Lipinski definition) is 4. The number of rotatable bonds is 6. The molecule has 0 unspecified atom stereocenters. The number of hydrogen-bond donors (Lipinski definition) is 1. The smallest absolute Gasteiger partial charge is 0.210 e. The van der Waals surface area contributed by atoms with Gasteiger partial charge in [-0.1, -0.05) is 32.9 Å². The molecule has 148 valence electrons. The highest BCUT2D eigenvalue weighted by Gasteiger charge is 2.37. The number of para-hydroxylation sites is 1. The van der Waals surface area contributed by atoms with Crippen LogP contribution in [0.15, 0.2) is 24.3 Å². The van der Waals surface area contributed by atoms with Crippen LogP contribution in [-0.4, -0.2) is 46.4 Å². The molecule has 6 nitrogen and oxygen atoms in total. The third-order valence-corrected chi connectivity index (χ3v) is 5.92. The van der Waals surface area contributed by atoms with Crippen LogP contribution in [0.25, 0.3) is 0 Å². The minimum atomic E-state index is -0.144. The monoisotopic (exact) mass is 375 g/mol. The Bertz CT molecular complexity index is 748. The van der Waals surface area contributed by atoms with Crippen LogP contribution < -0.4 is 9.80 Å². The minimum Gasteiger partial charge on any atom is -0.358 e. The molecule has 2 aromatic rings. The van der Waals surface area contributed by atoms with Gasteiger partial charge in [-0.25, -0.2) is 9.07 Å². The Kier molecular flexibility index (Phi) is 5.79. The molecule has 3 rings (SSSR count). The van der Waals surface area contributed by atoms with Crippen LogP contribution in [0.4, 0.5) is 10.1 Å². The van der Waals surface area contributed by atoms with Crippen LogP contribution in [0.5, 0.6) is 0 Å². The van der Waals surface area contributed by atoms with Crippen LogP contribution in [0.1, 0.15) is 52.9 Å². The standard InChI is InChI=1S/C20H31FN6/c1-6-20(4,5)27-19(22-23-24-27)18(15(2)3)26-13-11-25(12-14-26)17-10-8-7-9-16(17)21/h7-10,15,18H,6,11-14H2,1-5H3/p+1/t18-/m0/s1. The molecule has 1 aliphatic rings. The van der Waals surface area contributed by atoms with E-state index < -0.39 is 0 Å². The first-order valence-electron chi connectivity index (χ1n) is 9.98. The van der Waals surface area contributed by atoms with Gasteiger partial charge in [0.05, 0.1) is 37.4 Å². The van der Waals surface area contributed by atoms with Crippen LogP contribution in [0, 0.1) is 11.7 Å². The molecule has 1 fully saturated rings. The van der Waals surface area contributed by atoms with E-state index in [1.54, 1.807) is 6.07 Å². The number of aromatic nitrogens is 4. The fourth-order valence-electron chi connectivity index (χ4n) is 3.98. The zero-order chi connectivity index (χ0) is 19.6. The van der Waals surface area contributed by atoms with Gasteiger partial charge in [0.15, 0.2) is 6.04 Å². The number of anilines is 1. The highest BCUT2D eigenvalue weighted by atomic mass is 19.1. The van der Waals surface area contributed by atoms with Gasteiger partial charge in [0.25, 0.3) is 0 Å². The predicted octanol–water partition coefficient (Wildman–Crippen LogP) is 2.06. The van der Waals surface area contributed by atoms with Crippen molar-refractivity contribution in [1.29, 1.82) is 0 Å². The van der Waals surface area contributed by atoms with Gasteiger partial charge < -0.3 is 9.80 Å². The molecule has 1 aromatic heterocycles. The Hall–Kier alpha value is -2.02. The maximum absolute atomic E-state index is 14.1. The number of nitrogens with one attached hydrogen (secondary N) is 1. The van der Waals surface area contributed by atoms with Crippen molar-refractivity contribution in [1.82, 2.24) is 20.2 Å². The van der Waals surface area contributed by atoms with E-state index in [4.69, 9.17) is 0 Å². The van der Waals surface area contributed by atoms with E-state index in [0.29, 0.717) is 11.6 Å². The maximum atomic E-state index is 14.1. The summed E-state index contributed by atoms with van der Waals surface area (Å²) in [5.41, 5.74) is 0.593. The van der Waals surface area contributed by atoms with Gasteiger partial charge in [-0.05, 0) is 42.8 Å². The summed E-state index contributed by atoms with van der Waals surface area (Å²) in [6.45, 7) is 14.5. The van der Waals surface area contributed by atoms with Gasteiger partial charge in [-0.15, -0.1) is 5.10 Å². The van der Waals surface area contributed by atoms with Crippen LogP contribution in [0.3, 0.4) is 0 Å². The zero-order valence-corrected chi connectivity index (χ0v) is 17.1. The Balaban J connectivity index is 1.79. The topological polar surface area (TPSA) is 51.3 Å². The van der Waals surface area contributed by atoms with E-state index in [0.717, 1.165) is 38.4 Å². The molecule has 1 aliphatic heterocycles. The molecule has 1 saturated heterocycles. The van der Waals surface area contributed by atoms with E-state index in [9.17, 15) is 4.39 Å². The van der Waals surface area contributed by atoms with E-state index >= 15 is 0 Å². The van der Waals surface area contributed by atoms with Crippen molar-refractivity contribution in [2.75, 3.05) is 31.1 Å². The molecule has 0 bridgehead atoms. The molecule has 1 N–H and O–H groups in total. The minimum absolute atomic E-state index is 0.111. The molecule has 0 radical (unpaired) electrons. The van der Waals surface area contributed by atoms with Crippen molar-refractivity contribution in [2.45, 2.75) is 52.6 Å². The predicted molar refractivity (Wildman–Crippen MR) is 104 cm³/mol. The average Bonchev–Trinajstić information content (AvgIpc) is 3.13. The highest BCUT2D eigenvalue weighted by molar-refractivity contribution is 5.47. The third-order valence-electron chi connectivity index (χ3n) is 5.92. The Morgan fingerprint density at radius 1 is 1.19 bits per heavy atom. The second-order valence-electron chi connectivity index (χ2n) is 8.43. The summed E-state index contributed by atoms with van der Waals surface area (Å²) in [5.74, 6) is 1.23. The first kappa shape index (κ1) is 19.7. The van der Waals surface area contributed by atoms with E-state index in [-0.39, 0.29) is 17.4 Å². The number of tetrazole rings is 1. The summed E-state index contributed by atoms with van der Waals surface area (Å²) in [4.78, 5) is 3.62. The third kappa shape index (κ3) is 3.98. The second-order valence-corrected chi connectivity index (χ2v) is 8.43. The summed E-state index contributed by atoms with van der Waals surface area (Å²) >= 11 is 0. The Morgan fingerprint density at radius 3 is 2.44 bits per heavy atom. The van der Waals surface area contributed by atoms with Gasteiger partial charge in [0.1, 0.15) is 5.82 Å². The lowest BCUT2D eigenvalue weighted by atomic mass is 9.97. The van der Waals surface area contributed by atoms with Gasteiger partial charge in [0.2, 0.25) is 5.82 Å². The fraction of sp³-hybridized carbons (Fsp3) is 0.650. The number of benzene rings is 1. The van der Waals surface area contributed by atoms with Gasteiger partial charge in [-0.3, -0.25) is 0 Å². The largest absolute Gasteiger partial charge is 0.358 e. The zero-order valence-electron chi connectivity index (χ0n) is 17.1. The van der Waals surface area contributed by atoms with Crippen molar-refractivity contribution < 1.29 is 9.29 Å². The number of nitrogens with zero attached hydrogens (tertiary/aromatic N) is 5.